The molecule has 2 aliphatic rings. The van der Waals surface area contributed by atoms with Crippen LogP contribution in [-0.4, -0.2) is 16.7 Å². The minimum absolute atomic E-state index is 0.0676. The minimum Gasteiger partial charge on any atom is -0.468 e. The first-order chi connectivity index (χ1) is 11.0. The van der Waals surface area contributed by atoms with Gasteiger partial charge in [0.2, 0.25) is 0 Å². The lowest BCUT2D eigenvalue weighted by molar-refractivity contribution is -0.0879. The first-order valence-corrected chi connectivity index (χ1v) is 8.03. The van der Waals surface area contributed by atoms with Crippen LogP contribution in [0.5, 0.6) is 5.75 Å². The van der Waals surface area contributed by atoms with Gasteiger partial charge in [-0.15, -0.1) is 0 Å². The Kier molecular flexibility index (Phi) is 3.23. The van der Waals surface area contributed by atoms with Crippen molar-refractivity contribution in [2.45, 2.75) is 31.7 Å². The van der Waals surface area contributed by atoms with Crippen LogP contribution in [0.1, 0.15) is 30.5 Å². The van der Waals surface area contributed by atoms with Crippen LogP contribution < -0.4 is 10.1 Å². The SMILES string of the molecule is C[C@@]12C[C@@H](NC(=O)N1Cc1ccccc1)c1cc(Cl)ccc1O2. The van der Waals surface area contributed by atoms with E-state index in [-0.39, 0.29) is 12.1 Å². The summed E-state index contributed by atoms with van der Waals surface area (Å²) in [6.07, 6.45) is 0.693. The molecule has 2 aromatic carbocycles. The van der Waals surface area contributed by atoms with E-state index < -0.39 is 5.72 Å². The highest BCUT2D eigenvalue weighted by atomic mass is 35.5. The first-order valence-electron chi connectivity index (χ1n) is 7.66. The van der Waals surface area contributed by atoms with Gasteiger partial charge in [0.25, 0.3) is 0 Å². The molecule has 1 saturated heterocycles. The van der Waals surface area contributed by atoms with E-state index in [4.69, 9.17) is 16.3 Å². The molecule has 2 aliphatic heterocycles. The second-order valence-electron chi connectivity index (χ2n) is 6.24. The molecule has 0 saturated carbocycles. The highest BCUT2D eigenvalue weighted by molar-refractivity contribution is 6.30. The second-order valence-corrected chi connectivity index (χ2v) is 6.67. The zero-order chi connectivity index (χ0) is 16.0. The molecule has 2 amide bonds. The van der Waals surface area contributed by atoms with Crippen LogP contribution in [0, 0.1) is 0 Å². The number of carbonyl (C=O) groups excluding carboxylic acids is 1. The molecule has 0 unspecified atom stereocenters. The Labute approximate surface area is 140 Å². The fraction of sp³-hybridized carbons (Fsp3) is 0.278. The van der Waals surface area contributed by atoms with Crippen molar-refractivity contribution in [3.63, 3.8) is 0 Å². The Hall–Kier alpha value is -2.20. The molecule has 1 N–H and O–H groups in total. The smallest absolute Gasteiger partial charge is 0.321 e. The number of rotatable bonds is 2. The molecular formula is C18H17ClN2O2. The summed E-state index contributed by atoms with van der Waals surface area (Å²) in [6.45, 7) is 2.48. The van der Waals surface area contributed by atoms with Crippen molar-refractivity contribution in [1.82, 2.24) is 10.2 Å². The van der Waals surface area contributed by atoms with Crippen LogP contribution in [0.25, 0.3) is 0 Å². The van der Waals surface area contributed by atoms with E-state index in [9.17, 15) is 4.79 Å². The van der Waals surface area contributed by atoms with Gasteiger partial charge in [0.1, 0.15) is 5.75 Å². The largest absolute Gasteiger partial charge is 0.468 e. The number of nitrogens with one attached hydrogen (secondary N) is 1. The van der Waals surface area contributed by atoms with E-state index >= 15 is 0 Å². The number of hydrogen-bond donors (Lipinski definition) is 1. The van der Waals surface area contributed by atoms with Gasteiger partial charge >= 0.3 is 6.03 Å². The minimum atomic E-state index is -0.663. The topological polar surface area (TPSA) is 41.6 Å². The summed E-state index contributed by atoms with van der Waals surface area (Å²) in [7, 11) is 0. The monoisotopic (exact) mass is 328 g/mol. The quantitative estimate of drug-likeness (QED) is 0.901. The molecule has 2 aromatic rings. The maximum atomic E-state index is 12.6. The number of benzene rings is 2. The third-order valence-corrected chi connectivity index (χ3v) is 4.79. The van der Waals surface area contributed by atoms with Gasteiger partial charge in [-0.25, -0.2) is 4.79 Å². The summed E-state index contributed by atoms with van der Waals surface area (Å²) < 4.78 is 6.21. The molecule has 0 spiro atoms. The molecule has 4 nitrogen and oxygen atoms in total. The summed E-state index contributed by atoms with van der Waals surface area (Å²) in [5, 5.41) is 3.72. The molecule has 0 aliphatic carbocycles. The summed E-state index contributed by atoms with van der Waals surface area (Å²) in [4.78, 5) is 14.4. The highest BCUT2D eigenvalue weighted by Crippen LogP contribution is 2.45. The summed E-state index contributed by atoms with van der Waals surface area (Å²) in [6, 6.07) is 15.3. The Morgan fingerprint density at radius 3 is 2.87 bits per heavy atom. The zero-order valence-corrected chi connectivity index (χ0v) is 13.5. The molecular weight excluding hydrogens is 312 g/mol. The van der Waals surface area contributed by atoms with Gasteiger partial charge in [-0.05, 0) is 30.7 Å². The number of amides is 2. The van der Waals surface area contributed by atoms with Crippen LogP contribution in [0.4, 0.5) is 4.79 Å². The van der Waals surface area contributed by atoms with Crippen LogP contribution in [0.2, 0.25) is 5.02 Å². The average Bonchev–Trinajstić information content (AvgIpc) is 2.53. The number of hydrogen-bond acceptors (Lipinski definition) is 2. The number of urea groups is 1. The number of ether oxygens (including phenoxy) is 1. The standard InChI is InChI=1S/C18H17ClN2O2/c1-18-10-15(14-9-13(19)7-8-16(14)23-18)20-17(22)21(18)11-12-5-3-2-4-6-12/h2-9,15H,10-11H2,1H3,(H,20,22)/t15-,18-/m1/s1. The maximum Gasteiger partial charge on any atom is 0.321 e. The molecule has 1 fully saturated rings. The molecule has 0 radical (unpaired) electrons. The van der Waals surface area contributed by atoms with Crippen LogP contribution >= 0.6 is 11.6 Å². The first kappa shape index (κ1) is 14.4. The predicted octanol–water partition coefficient (Wildman–Crippen LogP) is 4.11. The Morgan fingerprint density at radius 2 is 2.09 bits per heavy atom. The lowest BCUT2D eigenvalue weighted by Gasteiger charge is -2.50. The normalized spacial score (nSPS) is 25.4. The van der Waals surface area contributed by atoms with Crippen molar-refractivity contribution in [3.8, 4) is 5.75 Å². The summed E-state index contributed by atoms with van der Waals surface area (Å²) in [5.41, 5.74) is 1.36. The lowest BCUT2D eigenvalue weighted by Crippen LogP contribution is -2.64. The molecule has 2 atom stereocenters. The number of carbonyl (C=O) groups is 1. The number of fused-ring (bicyclic) bond motifs is 4. The van der Waals surface area contributed by atoms with Gasteiger partial charge in [0, 0.05) is 17.0 Å². The van der Waals surface area contributed by atoms with Gasteiger partial charge in [0.15, 0.2) is 5.72 Å². The van der Waals surface area contributed by atoms with Gasteiger partial charge in [-0.3, -0.25) is 4.90 Å². The van der Waals surface area contributed by atoms with Gasteiger partial charge in [-0.1, -0.05) is 41.9 Å². The van der Waals surface area contributed by atoms with E-state index in [2.05, 4.69) is 5.32 Å². The fourth-order valence-corrected chi connectivity index (χ4v) is 3.57. The molecule has 2 bridgehead atoms. The van der Waals surface area contributed by atoms with E-state index in [1.807, 2.05) is 55.5 Å². The molecule has 5 heteroatoms. The number of halogens is 1. The molecule has 2 heterocycles. The third kappa shape index (κ3) is 2.43. The van der Waals surface area contributed by atoms with Crippen LogP contribution in [0.3, 0.4) is 0 Å². The second kappa shape index (κ2) is 5.17. The van der Waals surface area contributed by atoms with E-state index in [0.29, 0.717) is 18.0 Å². The molecule has 0 aromatic heterocycles. The molecule has 4 rings (SSSR count). The predicted molar refractivity (Wildman–Crippen MR) is 88.4 cm³/mol. The fourth-order valence-electron chi connectivity index (χ4n) is 3.39. The maximum absolute atomic E-state index is 12.6. The average molecular weight is 329 g/mol. The third-order valence-electron chi connectivity index (χ3n) is 4.56. The highest BCUT2D eigenvalue weighted by Gasteiger charge is 2.48. The van der Waals surface area contributed by atoms with E-state index in [0.717, 1.165) is 16.9 Å². The van der Waals surface area contributed by atoms with Crippen molar-refractivity contribution in [2.75, 3.05) is 0 Å². The van der Waals surface area contributed by atoms with Crippen LogP contribution in [0.15, 0.2) is 48.5 Å². The van der Waals surface area contributed by atoms with Crippen LogP contribution in [-0.2, 0) is 6.54 Å². The van der Waals surface area contributed by atoms with Crippen molar-refractivity contribution < 1.29 is 9.53 Å². The molecule has 23 heavy (non-hydrogen) atoms. The summed E-state index contributed by atoms with van der Waals surface area (Å²) in [5.74, 6) is 0.784. The summed E-state index contributed by atoms with van der Waals surface area (Å²) >= 11 is 6.08. The van der Waals surface area contributed by atoms with E-state index in [1.54, 1.807) is 4.90 Å². The van der Waals surface area contributed by atoms with Crippen molar-refractivity contribution in [1.29, 1.82) is 0 Å². The van der Waals surface area contributed by atoms with Gasteiger partial charge < -0.3 is 10.1 Å². The van der Waals surface area contributed by atoms with Crippen molar-refractivity contribution in [2.24, 2.45) is 0 Å². The van der Waals surface area contributed by atoms with Gasteiger partial charge in [-0.2, -0.15) is 0 Å². The number of nitrogens with zero attached hydrogens (tertiary/aromatic N) is 1. The molecule has 118 valence electrons. The van der Waals surface area contributed by atoms with E-state index in [1.165, 1.54) is 0 Å². The van der Waals surface area contributed by atoms with Gasteiger partial charge in [0.05, 0.1) is 12.6 Å². The Balaban J connectivity index is 1.69. The van der Waals surface area contributed by atoms with Crippen molar-refractivity contribution in [3.05, 3.63) is 64.7 Å². The zero-order valence-electron chi connectivity index (χ0n) is 12.8. The Bertz CT molecular complexity index is 765. The Morgan fingerprint density at radius 1 is 1.30 bits per heavy atom. The lowest BCUT2D eigenvalue weighted by atomic mass is 9.90. The van der Waals surface area contributed by atoms with Crippen molar-refractivity contribution >= 4 is 17.6 Å².